The van der Waals surface area contributed by atoms with E-state index in [1.54, 1.807) is 25.6 Å². The topological polar surface area (TPSA) is 78.0 Å². The quantitative estimate of drug-likeness (QED) is 0.449. The van der Waals surface area contributed by atoms with Gasteiger partial charge in [0.2, 0.25) is 0 Å². The fourth-order valence-electron chi connectivity index (χ4n) is 4.07. The molecule has 0 amide bonds. The second-order valence-corrected chi connectivity index (χ2v) is 8.07. The number of fused-ring (bicyclic) bond motifs is 1. The van der Waals surface area contributed by atoms with Gasteiger partial charge in [-0.25, -0.2) is 27.8 Å². The summed E-state index contributed by atoms with van der Waals surface area (Å²) in [7, 11) is 1.58. The minimum atomic E-state index is -1.78. The number of nitrogens with zero attached hydrogens (tertiary/aromatic N) is 5. The molecule has 7 nitrogen and oxygen atoms in total. The minimum Gasteiger partial charge on any atom is -0.495 e. The first-order valence-corrected chi connectivity index (χ1v) is 10.5. The van der Waals surface area contributed by atoms with Crippen molar-refractivity contribution in [2.45, 2.75) is 25.5 Å². The summed E-state index contributed by atoms with van der Waals surface area (Å²) in [6.07, 6.45) is 7.16. The first-order chi connectivity index (χ1) is 16.3. The summed E-state index contributed by atoms with van der Waals surface area (Å²) in [4.78, 5) is 8.59. The van der Waals surface area contributed by atoms with Crippen molar-refractivity contribution in [3.05, 3.63) is 88.8 Å². The highest BCUT2D eigenvalue weighted by Gasteiger charge is 2.42. The van der Waals surface area contributed by atoms with Crippen LogP contribution in [0.3, 0.4) is 0 Å². The number of benzene rings is 2. The van der Waals surface area contributed by atoms with Crippen LogP contribution in [0.5, 0.6) is 5.75 Å². The summed E-state index contributed by atoms with van der Waals surface area (Å²) < 4.78 is 49.7. The highest BCUT2D eigenvalue weighted by molar-refractivity contribution is 5.69. The zero-order valence-corrected chi connectivity index (χ0v) is 18.3. The molecular formula is C24H20F3N5O2. The van der Waals surface area contributed by atoms with Crippen LogP contribution in [0.1, 0.15) is 34.9 Å². The van der Waals surface area contributed by atoms with Gasteiger partial charge in [0, 0.05) is 19.2 Å². The lowest BCUT2D eigenvalue weighted by Gasteiger charge is -2.21. The summed E-state index contributed by atoms with van der Waals surface area (Å²) in [5, 5.41) is 15.5. The zero-order valence-electron chi connectivity index (χ0n) is 18.3. The van der Waals surface area contributed by atoms with Gasteiger partial charge in [0.05, 0.1) is 24.8 Å². The molecule has 0 aliphatic carbocycles. The second kappa shape index (κ2) is 8.14. The Morgan fingerprint density at radius 1 is 1.12 bits per heavy atom. The SMILES string of the molecule is COc1cc(/C=C/c2nc3n(n2)CCC3(O)c2cc(F)c(F)c(F)c2)ccc1-n1cnc(C)c1. The lowest BCUT2D eigenvalue weighted by molar-refractivity contribution is 0.0776. The van der Waals surface area contributed by atoms with Crippen LogP contribution in [0, 0.1) is 24.4 Å². The van der Waals surface area contributed by atoms with Crippen molar-refractivity contribution in [2.75, 3.05) is 7.11 Å². The lowest BCUT2D eigenvalue weighted by atomic mass is 9.91. The van der Waals surface area contributed by atoms with E-state index < -0.39 is 23.1 Å². The van der Waals surface area contributed by atoms with E-state index in [0.717, 1.165) is 29.1 Å². The van der Waals surface area contributed by atoms with Crippen LogP contribution in [-0.2, 0) is 12.1 Å². The molecule has 0 bridgehead atoms. The minimum absolute atomic E-state index is 0.111. The van der Waals surface area contributed by atoms with Crippen LogP contribution in [0.25, 0.3) is 17.8 Å². The van der Waals surface area contributed by atoms with Gasteiger partial charge in [0.15, 0.2) is 34.7 Å². The fraction of sp³-hybridized carbons (Fsp3) is 0.208. The molecule has 0 saturated carbocycles. The molecule has 0 radical (unpaired) electrons. The standard InChI is InChI=1S/C24H20F3N5O2/c1-14-12-31(13-28-14)19-5-3-15(9-20(19)34-2)4-6-21-29-23-24(33,7-8-32(23)30-21)16-10-17(25)22(27)18(26)11-16/h3-6,9-13,33H,7-8H2,1-2H3/b6-4+. The summed E-state index contributed by atoms with van der Waals surface area (Å²) in [6, 6.07) is 7.22. The molecule has 1 atom stereocenters. The van der Waals surface area contributed by atoms with E-state index in [1.165, 1.54) is 4.68 Å². The molecule has 5 rings (SSSR count). The Hall–Kier alpha value is -3.92. The molecule has 3 heterocycles. The normalized spacial score (nSPS) is 17.5. The van der Waals surface area contributed by atoms with Gasteiger partial charge in [-0.1, -0.05) is 12.1 Å². The van der Waals surface area contributed by atoms with Gasteiger partial charge < -0.3 is 14.4 Å². The molecule has 0 fully saturated rings. The van der Waals surface area contributed by atoms with Gasteiger partial charge in [0.25, 0.3) is 0 Å². The molecule has 1 N–H and O–H groups in total. The van der Waals surface area contributed by atoms with Crippen molar-refractivity contribution in [1.29, 1.82) is 0 Å². The van der Waals surface area contributed by atoms with Crippen LogP contribution in [0.15, 0.2) is 42.9 Å². The number of methoxy groups -OCH3 is 1. The number of imidazole rings is 1. The van der Waals surface area contributed by atoms with E-state index >= 15 is 0 Å². The van der Waals surface area contributed by atoms with E-state index in [1.807, 2.05) is 35.9 Å². The number of hydrogen-bond acceptors (Lipinski definition) is 5. The summed E-state index contributed by atoms with van der Waals surface area (Å²) in [6.45, 7) is 2.19. The van der Waals surface area contributed by atoms with Crippen LogP contribution in [0.2, 0.25) is 0 Å². The molecule has 34 heavy (non-hydrogen) atoms. The molecule has 1 aliphatic heterocycles. The van der Waals surface area contributed by atoms with E-state index in [4.69, 9.17) is 4.74 Å². The largest absolute Gasteiger partial charge is 0.495 e. The first kappa shape index (κ1) is 21.9. The number of hydrogen-bond donors (Lipinski definition) is 1. The molecule has 0 spiro atoms. The maximum atomic E-state index is 13.8. The fourth-order valence-corrected chi connectivity index (χ4v) is 4.07. The Kier molecular flexibility index (Phi) is 5.24. The summed E-state index contributed by atoms with van der Waals surface area (Å²) >= 11 is 0. The predicted molar refractivity (Wildman–Crippen MR) is 118 cm³/mol. The third-order valence-electron chi connectivity index (χ3n) is 5.82. The van der Waals surface area contributed by atoms with Crippen molar-refractivity contribution < 1.29 is 23.0 Å². The average Bonchev–Trinajstić information content (AvgIpc) is 3.52. The van der Waals surface area contributed by atoms with Gasteiger partial charge >= 0.3 is 0 Å². The molecule has 1 aliphatic rings. The zero-order chi connectivity index (χ0) is 24.0. The third-order valence-corrected chi connectivity index (χ3v) is 5.82. The molecule has 1 unspecified atom stereocenters. The van der Waals surface area contributed by atoms with Crippen molar-refractivity contribution in [2.24, 2.45) is 0 Å². The van der Waals surface area contributed by atoms with Crippen LogP contribution >= 0.6 is 0 Å². The van der Waals surface area contributed by atoms with E-state index in [2.05, 4.69) is 15.1 Å². The highest BCUT2D eigenvalue weighted by Crippen LogP contribution is 2.38. The Morgan fingerprint density at radius 2 is 1.88 bits per heavy atom. The number of aryl methyl sites for hydroxylation is 2. The van der Waals surface area contributed by atoms with Crippen LogP contribution in [-0.4, -0.2) is 36.5 Å². The molecule has 174 valence electrons. The number of rotatable bonds is 5. The predicted octanol–water partition coefficient (Wildman–Crippen LogP) is 4.01. The molecule has 0 saturated heterocycles. The molecule has 10 heteroatoms. The van der Waals surface area contributed by atoms with Crippen molar-refractivity contribution in [1.82, 2.24) is 24.3 Å². The first-order valence-electron chi connectivity index (χ1n) is 10.5. The van der Waals surface area contributed by atoms with Crippen molar-refractivity contribution in [3.8, 4) is 11.4 Å². The Balaban J connectivity index is 1.43. The van der Waals surface area contributed by atoms with E-state index in [9.17, 15) is 18.3 Å². The molecule has 4 aromatic rings. The monoisotopic (exact) mass is 467 g/mol. The van der Waals surface area contributed by atoms with Crippen molar-refractivity contribution >= 4 is 12.2 Å². The van der Waals surface area contributed by atoms with Crippen molar-refractivity contribution in [3.63, 3.8) is 0 Å². The average molecular weight is 467 g/mol. The van der Waals surface area contributed by atoms with Gasteiger partial charge in [-0.15, -0.1) is 0 Å². The molecule has 2 aromatic carbocycles. The lowest BCUT2D eigenvalue weighted by Crippen LogP contribution is -2.26. The molecule has 2 aromatic heterocycles. The van der Waals surface area contributed by atoms with E-state index in [-0.39, 0.29) is 17.8 Å². The maximum Gasteiger partial charge on any atom is 0.194 e. The van der Waals surface area contributed by atoms with E-state index in [0.29, 0.717) is 18.1 Å². The Labute approximate surface area is 192 Å². The maximum absolute atomic E-state index is 13.8. The van der Waals surface area contributed by atoms with Gasteiger partial charge in [0.1, 0.15) is 5.75 Å². The number of aliphatic hydroxyl groups is 1. The van der Waals surface area contributed by atoms with Crippen LogP contribution < -0.4 is 4.74 Å². The van der Waals surface area contributed by atoms with Gasteiger partial charge in [-0.3, -0.25) is 0 Å². The molecular weight excluding hydrogens is 447 g/mol. The number of ether oxygens (including phenoxy) is 1. The van der Waals surface area contributed by atoms with Gasteiger partial charge in [-0.05, 0) is 48.4 Å². The number of aromatic nitrogens is 5. The Morgan fingerprint density at radius 3 is 2.56 bits per heavy atom. The Bertz CT molecular complexity index is 1400. The van der Waals surface area contributed by atoms with Crippen LogP contribution in [0.4, 0.5) is 13.2 Å². The third kappa shape index (κ3) is 3.65. The summed E-state index contributed by atoms with van der Waals surface area (Å²) in [5.41, 5.74) is 0.660. The van der Waals surface area contributed by atoms with Gasteiger partial charge in [-0.2, -0.15) is 5.10 Å². The summed E-state index contributed by atoms with van der Waals surface area (Å²) in [5.74, 6) is -3.23. The highest BCUT2D eigenvalue weighted by atomic mass is 19.2. The smallest absolute Gasteiger partial charge is 0.194 e. The second-order valence-electron chi connectivity index (χ2n) is 8.07. The number of halogens is 3.